The minimum Gasteiger partial charge on any atom is -0.333 e. The molecule has 3 heterocycles. The number of aromatic nitrogens is 3. The minimum absolute atomic E-state index is 0.175. The highest BCUT2D eigenvalue weighted by atomic mass is 32.1. The van der Waals surface area contributed by atoms with Crippen LogP contribution in [0.1, 0.15) is 36.4 Å². The average molecular weight is 321 g/mol. The van der Waals surface area contributed by atoms with Crippen molar-refractivity contribution in [3.8, 4) is 10.8 Å². The molecule has 0 spiro atoms. The second-order valence-corrected chi connectivity index (χ2v) is 7.47. The SMILES string of the molecule is Cc1nc(CC(C)C)c(-c2nc(C3CNCCN3C)no2)s1. The van der Waals surface area contributed by atoms with Crippen molar-refractivity contribution < 1.29 is 4.52 Å². The fourth-order valence-corrected chi connectivity index (χ4v) is 3.59. The van der Waals surface area contributed by atoms with Crippen molar-refractivity contribution in [3.63, 3.8) is 0 Å². The maximum Gasteiger partial charge on any atom is 0.269 e. The molecular weight excluding hydrogens is 298 g/mol. The maximum absolute atomic E-state index is 5.54. The first-order valence-corrected chi connectivity index (χ1v) is 8.57. The second kappa shape index (κ2) is 6.44. The van der Waals surface area contributed by atoms with Gasteiger partial charge in [-0.15, -0.1) is 11.3 Å². The molecule has 0 bridgehead atoms. The van der Waals surface area contributed by atoms with Crippen molar-refractivity contribution in [2.45, 2.75) is 33.2 Å². The third kappa shape index (κ3) is 3.21. The van der Waals surface area contributed by atoms with Crippen LogP contribution in [0, 0.1) is 12.8 Å². The van der Waals surface area contributed by atoms with Crippen LogP contribution < -0.4 is 5.32 Å². The monoisotopic (exact) mass is 321 g/mol. The molecule has 22 heavy (non-hydrogen) atoms. The van der Waals surface area contributed by atoms with E-state index >= 15 is 0 Å². The number of hydrogen-bond donors (Lipinski definition) is 1. The van der Waals surface area contributed by atoms with Crippen molar-refractivity contribution in [1.29, 1.82) is 0 Å². The predicted octanol–water partition coefficient (Wildman–Crippen LogP) is 2.28. The van der Waals surface area contributed by atoms with Gasteiger partial charge in [0.05, 0.1) is 16.7 Å². The lowest BCUT2D eigenvalue weighted by molar-refractivity contribution is 0.190. The summed E-state index contributed by atoms with van der Waals surface area (Å²) in [5, 5.41) is 8.63. The third-order valence-corrected chi connectivity index (χ3v) is 4.85. The summed E-state index contributed by atoms with van der Waals surface area (Å²) in [6.07, 6.45) is 0.933. The predicted molar refractivity (Wildman–Crippen MR) is 86.9 cm³/mol. The summed E-state index contributed by atoms with van der Waals surface area (Å²) in [5.74, 6) is 1.91. The molecule has 2 aromatic rings. The average Bonchev–Trinajstić information content (AvgIpc) is 3.05. The van der Waals surface area contributed by atoms with Crippen molar-refractivity contribution in [2.24, 2.45) is 5.92 Å². The zero-order valence-corrected chi connectivity index (χ0v) is 14.4. The van der Waals surface area contributed by atoms with Crippen molar-refractivity contribution in [2.75, 3.05) is 26.7 Å². The molecule has 0 aromatic carbocycles. The van der Waals surface area contributed by atoms with Crippen LogP contribution in [0.3, 0.4) is 0 Å². The van der Waals surface area contributed by atoms with Crippen molar-refractivity contribution in [3.05, 3.63) is 16.5 Å². The van der Waals surface area contributed by atoms with Gasteiger partial charge in [0.15, 0.2) is 5.82 Å². The van der Waals surface area contributed by atoms with E-state index < -0.39 is 0 Å². The molecule has 1 aliphatic heterocycles. The highest BCUT2D eigenvalue weighted by molar-refractivity contribution is 7.15. The van der Waals surface area contributed by atoms with E-state index in [1.165, 1.54) is 0 Å². The minimum atomic E-state index is 0.175. The van der Waals surface area contributed by atoms with E-state index in [1.807, 2.05) is 6.92 Å². The van der Waals surface area contributed by atoms with E-state index in [2.05, 4.69) is 46.2 Å². The van der Waals surface area contributed by atoms with Crippen molar-refractivity contribution >= 4 is 11.3 Å². The molecule has 0 amide bonds. The Kier molecular flexibility index (Phi) is 4.56. The maximum atomic E-state index is 5.54. The Balaban J connectivity index is 1.87. The molecule has 6 nitrogen and oxygen atoms in total. The van der Waals surface area contributed by atoms with Gasteiger partial charge < -0.3 is 9.84 Å². The fourth-order valence-electron chi connectivity index (χ4n) is 2.72. The lowest BCUT2D eigenvalue weighted by atomic mass is 10.1. The van der Waals surface area contributed by atoms with E-state index in [1.54, 1.807) is 11.3 Å². The van der Waals surface area contributed by atoms with Crippen LogP contribution >= 0.6 is 11.3 Å². The summed E-state index contributed by atoms with van der Waals surface area (Å²) in [6.45, 7) is 9.27. The first-order chi connectivity index (χ1) is 10.5. The molecule has 1 fully saturated rings. The van der Waals surface area contributed by atoms with Crippen LogP contribution in [0.2, 0.25) is 0 Å². The van der Waals surface area contributed by atoms with Crippen molar-refractivity contribution in [1.82, 2.24) is 25.3 Å². The van der Waals surface area contributed by atoms with Gasteiger partial charge in [-0.1, -0.05) is 19.0 Å². The van der Waals surface area contributed by atoms with E-state index in [-0.39, 0.29) is 6.04 Å². The summed E-state index contributed by atoms with van der Waals surface area (Å²) in [6, 6.07) is 0.175. The molecule has 7 heteroatoms. The quantitative estimate of drug-likeness (QED) is 0.932. The molecule has 1 aliphatic rings. The van der Waals surface area contributed by atoms with E-state index in [9.17, 15) is 0 Å². The Morgan fingerprint density at radius 3 is 2.95 bits per heavy atom. The third-order valence-electron chi connectivity index (χ3n) is 3.85. The molecule has 0 saturated carbocycles. The Hall–Kier alpha value is -1.31. The summed E-state index contributed by atoms with van der Waals surface area (Å²) in [4.78, 5) is 12.6. The van der Waals surface area contributed by atoms with Crippen LogP contribution in [0.4, 0.5) is 0 Å². The number of rotatable bonds is 4. The number of hydrogen-bond acceptors (Lipinski definition) is 7. The van der Waals surface area contributed by atoms with Crippen LogP contribution in [0.15, 0.2) is 4.52 Å². The standard InChI is InChI=1S/C15H23N5OS/c1-9(2)7-11-13(22-10(3)17-11)15-18-14(19-21-15)12-8-16-5-6-20(12)4/h9,12,16H,5-8H2,1-4H3. The van der Waals surface area contributed by atoms with Gasteiger partial charge in [-0.05, 0) is 26.3 Å². The lowest BCUT2D eigenvalue weighted by Gasteiger charge is -2.30. The van der Waals surface area contributed by atoms with E-state index in [0.717, 1.165) is 47.5 Å². The first kappa shape index (κ1) is 15.6. The Morgan fingerprint density at radius 2 is 2.23 bits per heavy atom. The van der Waals surface area contributed by atoms with Gasteiger partial charge in [0.1, 0.15) is 4.88 Å². The van der Waals surface area contributed by atoms with Gasteiger partial charge in [0.25, 0.3) is 5.89 Å². The molecular formula is C15H23N5OS. The highest BCUT2D eigenvalue weighted by Gasteiger charge is 2.26. The normalized spacial score (nSPS) is 20.0. The smallest absolute Gasteiger partial charge is 0.269 e. The summed E-state index contributed by atoms with van der Waals surface area (Å²) < 4.78 is 5.54. The van der Waals surface area contributed by atoms with Crippen LogP contribution in [0.5, 0.6) is 0 Å². The molecule has 3 rings (SSSR count). The molecule has 2 aromatic heterocycles. The number of nitrogens with zero attached hydrogens (tertiary/aromatic N) is 4. The van der Waals surface area contributed by atoms with Gasteiger partial charge in [-0.2, -0.15) is 4.98 Å². The molecule has 0 aliphatic carbocycles. The molecule has 1 atom stereocenters. The highest BCUT2D eigenvalue weighted by Crippen LogP contribution is 2.31. The molecule has 1 N–H and O–H groups in total. The number of piperazine rings is 1. The fraction of sp³-hybridized carbons (Fsp3) is 0.667. The van der Waals surface area contributed by atoms with Crippen LogP contribution in [0.25, 0.3) is 10.8 Å². The number of likely N-dealkylation sites (N-methyl/N-ethyl adjacent to an activating group) is 1. The summed E-state index contributed by atoms with van der Waals surface area (Å²) >= 11 is 1.63. The number of nitrogens with one attached hydrogen (secondary N) is 1. The molecule has 1 unspecified atom stereocenters. The Labute approximate surface area is 134 Å². The van der Waals surface area contributed by atoms with Crippen LogP contribution in [-0.2, 0) is 6.42 Å². The molecule has 1 saturated heterocycles. The lowest BCUT2D eigenvalue weighted by Crippen LogP contribution is -2.44. The van der Waals surface area contributed by atoms with Gasteiger partial charge in [-0.25, -0.2) is 4.98 Å². The van der Waals surface area contributed by atoms with Gasteiger partial charge in [-0.3, -0.25) is 4.90 Å². The first-order valence-electron chi connectivity index (χ1n) is 7.76. The van der Waals surface area contributed by atoms with Gasteiger partial charge >= 0.3 is 0 Å². The summed E-state index contributed by atoms with van der Waals surface area (Å²) in [5.41, 5.74) is 1.07. The van der Waals surface area contributed by atoms with Gasteiger partial charge in [0.2, 0.25) is 0 Å². The number of thiazole rings is 1. The Morgan fingerprint density at radius 1 is 1.41 bits per heavy atom. The van der Waals surface area contributed by atoms with Gasteiger partial charge in [0, 0.05) is 19.6 Å². The summed E-state index contributed by atoms with van der Waals surface area (Å²) in [7, 11) is 2.10. The topological polar surface area (TPSA) is 67.1 Å². The molecule has 0 radical (unpaired) electrons. The zero-order chi connectivity index (χ0) is 15.7. The second-order valence-electron chi connectivity index (χ2n) is 6.26. The van der Waals surface area contributed by atoms with Crippen LogP contribution in [-0.4, -0.2) is 46.7 Å². The largest absolute Gasteiger partial charge is 0.333 e. The Bertz CT molecular complexity index is 636. The van der Waals surface area contributed by atoms with E-state index in [0.29, 0.717) is 11.8 Å². The van der Waals surface area contributed by atoms with E-state index in [4.69, 9.17) is 4.52 Å². The molecule has 120 valence electrons. The number of aryl methyl sites for hydroxylation is 1. The zero-order valence-electron chi connectivity index (χ0n) is 13.6.